The van der Waals surface area contributed by atoms with Gasteiger partial charge in [-0.25, -0.2) is 18.7 Å². The topological polar surface area (TPSA) is 46.8 Å². The number of rotatable bonds is 4. The quantitative estimate of drug-likeness (QED) is 0.852. The lowest BCUT2D eigenvalue weighted by molar-refractivity contribution is 0.146. The molecule has 2 aromatic rings. The summed E-state index contributed by atoms with van der Waals surface area (Å²) in [6.45, 7) is 8.44. The van der Waals surface area contributed by atoms with Crippen molar-refractivity contribution >= 4 is 5.95 Å². The van der Waals surface area contributed by atoms with Crippen molar-refractivity contribution < 1.29 is 8.78 Å². The Balaban J connectivity index is 2.04. The minimum Gasteiger partial charge on any atom is -0.341 e. The molecule has 0 saturated carbocycles. The summed E-state index contributed by atoms with van der Waals surface area (Å²) in [7, 11) is 0. The first-order valence-corrected chi connectivity index (χ1v) is 8.44. The molecule has 5 nitrogen and oxygen atoms in total. The molecule has 0 unspecified atom stereocenters. The van der Waals surface area contributed by atoms with Crippen molar-refractivity contribution in [1.29, 1.82) is 0 Å². The van der Waals surface area contributed by atoms with E-state index in [9.17, 15) is 8.78 Å². The van der Waals surface area contributed by atoms with Crippen LogP contribution in [-0.2, 0) is 6.54 Å². The summed E-state index contributed by atoms with van der Waals surface area (Å²) in [5.74, 6) is 0.920. The number of aromatic nitrogens is 4. The van der Waals surface area contributed by atoms with Gasteiger partial charge in [-0.1, -0.05) is 6.92 Å². The monoisotopic (exact) mass is 335 g/mol. The molecule has 0 aromatic carbocycles. The lowest BCUT2D eigenvalue weighted by Crippen LogP contribution is -2.35. The maximum absolute atomic E-state index is 13.3. The van der Waals surface area contributed by atoms with E-state index in [4.69, 9.17) is 0 Å². The molecule has 1 fully saturated rings. The largest absolute Gasteiger partial charge is 0.341 e. The molecule has 1 saturated heterocycles. The van der Waals surface area contributed by atoms with Crippen molar-refractivity contribution in [1.82, 2.24) is 19.7 Å². The average Bonchev–Trinajstić information content (AvgIpc) is 2.95. The SMILES string of the molecule is CCn1ncc(-c2cc(C(F)F)nc(N3CCC[C@@H](C)C3)n2)c1C. The van der Waals surface area contributed by atoms with Crippen molar-refractivity contribution in [2.75, 3.05) is 18.0 Å². The van der Waals surface area contributed by atoms with E-state index in [-0.39, 0.29) is 5.69 Å². The zero-order valence-corrected chi connectivity index (χ0v) is 14.3. The van der Waals surface area contributed by atoms with E-state index in [0.717, 1.165) is 43.7 Å². The Kier molecular flexibility index (Phi) is 4.78. The normalized spacial score (nSPS) is 18.4. The van der Waals surface area contributed by atoms with E-state index < -0.39 is 6.43 Å². The van der Waals surface area contributed by atoms with Crippen molar-refractivity contribution in [2.45, 2.75) is 46.6 Å². The highest BCUT2D eigenvalue weighted by Gasteiger charge is 2.22. The van der Waals surface area contributed by atoms with Gasteiger partial charge in [0.25, 0.3) is 6.43 Å². The van der Waals surface area contributed by atoms with Crippen LogP contribution in [0.4, 0.5) is 14.7 Å². The molecule has 0 amide bonds. The van der Waals surface area contributed by atoms with Gasteiger partial charge in [-0.2, -0.15) is 5.10 Å². The minimum atomic E-state index is -2.62. The standard InChI is InChI=1S/C17H23F2N5/c1-4-24-12(3)13(9-20-24)14-8-15(16(18)19)22-17(21-14)23-7-5-6-11(2)10-23/h8-9,11,16H,4-7,10H2,1-3H3/t11-/m1/s1. The van der Waals surface area contributed by atoms with Gasteiger partial charge in [0.05, 0.1) is 11.9 Å². The molecule has 0 radical (unpaired) electrons. The lowest BCUT2D eigenvalue weighted by Gasteiger charge is -2.31. The highest BCUT2D eigenvalue weighted by atomic mass is 19.3. The first kappa shape index (κ1) is 16.8. The molecule has 3 rings (SSSR count). The highest BCUT2D eigenvalue weighted by Crippen LogP contribution is 2.29. The fraction of sp³-hybridized carbons (Fsp3) is 0.588. The molecule has 7 heteroatoms. The van der Waals surface area contributed by atoms with Gasteiger partial charge < -0.3 is 4.90 Å². The Morgan fingerprint density at radius 1 is 1.33 bits per heavy atom. The van der Waals surface area contributed by atoms with E-state index in [1.807, 2.05) is 23.4 Å². The summed E-state index contributed by atoms with van der Waals surface area (Å²) < 4.78 is 28.5. The van der Waals surface area contributed by atoms with Crippen LogP contribution < -0.4 is 4.90 Å². The molecular formula is C17H23F2N5. The summed E-state index contributed by atoms with van der Waals surface area (Å²) >= 11 is 0. The van der Waals surface area contributed by atoms with Gasteiger partial charge in [0.2, 0.25) is 5.95 Å². The number of halogens is 2. The number of piperidine rings is 1. The fourth-order valence-corrected chi connectivity index (χ4v) is 3.23. The van der Waals surface area contributed by atoms with Crippen molar-refractivity contribution in [3.63, 3.8) is 0 Å². The molecule has 3 heterocycles. The molecule has 0 bridgehead atoms. The second-order valence-corrected chi connectivity index (χ2v) is 6.43. The van der Waals surface area contributed by atoms with E-state index in [1.165, 1.54) is 6.07 Å². The Morgan fingerprint density at radius 3 is 2.75 bits per heavy atom. The van der Waals surface area contributed by atoms with Crippen molar-refractivity contribution in [3.8, 4) is 11.3 Å². The number of aryl methyl sites for hydroxylation is 1. The van der Waals surface area contributed by atoms with Crippen molar-refractivity contribution in [2.24, 2.45) is 5.92 Å². The van der Waals surface area contributed by atoms with Crippen LogP contribution in [0.3, 0.4) is 0 Å². The first-order chi connectivity index (χ1) is 11.5. The van der Waals surface area contributed by atoms with Gasteiger partial charge >= 0.3 is 0 Å². The Bertz CT molecular complexity index is 713. The van der Waals surface area contributed by atoms with Crippen LogP contribution in [0.25, 0.3) is 11.3 Å². The molecule has 1 aliphatic heterocycles. The van der Waals surface area contributed by atoms with Crippen LogP contribution in [0.5, 0.6) is 0 Å². The van der Waals surface area contributed by atoms with Gasteiger partial charge in [0.15, 0.2) is 0 Å². The minimum absolute atomic E-state index is 0.225. The summed E-state index contributed by atoms with van der Waals surface area (Å²) in [4.78, 5) is 10.7. The molecule has 24 heavy (non-hydrogen) atoms. The molecular weight excluding hydrogens is 312 g/mol. The van der Waals surface area contributed by atoms with Crippen LogP contribution in [0.2, 0.25) is 0 Å². The van der Waals surface area contributed by atoms with Gasteiger partial charge in [-0.3, -0.25) is 4.68 Å². The molecule has 0 N–H and O–H groups in total. The lowest BCUT2D eigenvalue weighted by atomic mass is 10.0. The van der Waals surface area contributed by atoms with Gasteiger partial charge in [0.1, 0.15) is 5.69 Å². The summed E-state index contributed by atoms with van der Waals surface area (Å²) in [6.07, 6.45) is 1.26. The van der Waals surface area contributed by atoms with E-state index in [1.54, 1.807) is 6.20 Å². The third-order valence-electron chi connectivity index (χ3n) is 4.58. The van der Waals surface area contributed by atoms with Gasteiger partial charge in [0, 0.05) is 30.9 Å². The molecule has 1 atom stereocenters. The number of alkyl halides is 2. The number of nitrogens with zero attached hydrogens (tertiary/aromatic N) is 5. The maximum Gasteiger partial charge on any atom is 0.280 e. The molecule has 0 aliphatic carbocycles. The fourth-order valence-electron chi connectivity index (χ4n) is 3.23. The summed E-state index contributed by atoms with van der Waals surface area (Å²) in [5.41, 5.74) is 2.00. The average molecular weight is 335 g/mol. The third kappa shape index (κ3) is 3.25. The zero-order valence-electron chi connectivity index (χ0n) is 14.3. The predicted molar refractivity (Wildman–Crippen MR) is 89.2 cm³/mol. The molecule has 1 aliphatic rings. The summed E-state index contributed by atoms with van der Waals surface area (Å²) in [6, 6.07) is 1.38. The van der Waals surface area contributed by atoms with E-state index in [0.29, 0.717) is 17.6 Å². The third-order valence-corrected chi connectivity index (χ3v) is 4.58. The molecule has 2 aromatic heterocycles. The second kappa shape index (κ2) is 6.83. The smallest absolute Gasteiger partial charge is 0.280 e. The number of hydrogen-bond donors (Lipinski definition) is 0. The molecule has 130 valence electrons. The van der Waals surface area contributed by atoms with Crippen LogP contribution in [0.15, 0.2) is 12.3 Å². The summed E-state index contributed by atoms with van der Waals surface area (Å²) in [5, 5.41) is 4.29. The van der Waals surface area contributed by atoms with Crippen LogP contribution in [0.1, 0.15) is 44.5 Å². The van der Waals surface area contributed by atoms with Crippen LogP contribution >= 0.6 is 0 Å². The second-order valence-electron chi connectivity index (χ2n) is 6.43. The van der Waals surface area contributed by atoms with Gasteiger partial charge in [-0.05, 0) is 38.7 Å². The zero-order chi connectivity index (χ0) is 17.3. The predicted octanol–water partition coefficient (Wildman–Crippen LogP) is 3.84. The van der Waals surface area contributed by atoms with E-state index in [2.05, 4.69) is 22.0 Å². The Morgan fingerprint density at radius 2 is 2.12 bits per heavy atom. The van der Waals surface area contributed by atoms with E-state index >= 15 is 0 Å². The molecule has 0 spiro atoms. The number of hydrogen-bond acceptors (Lipinski definition) is 4. The Labute approximate surface area is 140 Å². The maximum atomic E-state index is 13.3. The van der Waals surface area contributed by atoms with Crippen molar-refractivity contribution in [3.05, 3.63) is 23.7 Å². The van der Waals surface area contributed by atoms with Gasteiger partial charge in [-0.15, -0.1) is 0 Å². The van der Waals surface area contributed by atoms with Crippen LogP contribution in [-0.4, -0.2) is 32.8 Å². The Hall–Kier alpha value is -2.05. The number of anilines is 1. The highest BCUT2D eigenvalue weighted by molar-refractivity contribution is 5.63. The van der Waals surface area contributed by atoms with Crippen LogP contribution in [0, 0.1) is 12.8 Å². The first-order valence-electron chi connectivity index (χ1n) is 8.44.